The Kier molecular flexibility index (Phi) is 9.59. The van der Waals surface area contributed by atoms with E-state index in [2.05, 4.69) is 19.2 Å². The number of amides is 1. The number of nitrogens with one attached hydrogen (secondary N) is 1. The molecule has 0 saturated carbocycles. The summed E-state index contributed by atoms with van der Waals surface area (Å²) in [5.41, 5.74) is 0. The second-order valence-electron chi connectivity index (χ2n) is 3.88. The molecule has 0 spiro atoms. The van der Waals surface area contributed by atoms with Crippen LogP contribution in [0, 0.1) is 5.92 Å². The lowest BCUT2D eigenvalue weighted by Crippen LogP contribution is -2.30. The zero-order valence-corrected chi connectivity index (χ0v) is 10.3. The van der Waals surface area contributed by atoms with Gasteiger partial charge in [0.1, 0.15) is 0 Å². The molecule has 0 heterocycles. The quantitative estimate of drug-likeness (QED) is 0.600. The summed E-state index contributed by atoms with van der Waals surface area (Å²) >= 11 is 0. The van der Waals surface area contributed by atoms with Crippen LogP contribution in [0.5, 0.6) is 0 Å². The van der Waals surface area contributed by atoms with E-state index >= 15 is 0 Å². The van der Waals surface area contributed by atoms with Gasteiger partial charge in [-0.1, -0.05) is 33.1 Å². The third-order valence-electron chi connectivity index (χ3n) is 2.47. The van der Waals surface area contributed by atoms with Crippen molar-refractivity contribution < 1.29 is 9.53 Å². The van der Waals surface area contributed by atoms with E-state index < -0.39 is 0 Å². The van der Waals surface area contributed by atoms with Gasteiger partial charge in [-0.15, -0.1) is 0 Å². The number of hydrogen-bond donors (Lipinski definition) is 1. The molecule has 90 valence electrons. The van der Waals surface area contributed by atoms with Gasteiger partial charge in [0.2, 0.25) is 5.91 Å². The summed E-state index contributed by atoms with van der Waals surface area (Å²) in [5.74, 6) is 0.133. The predicted molar refractivity (Wildman–Crippen MR) is 62.8 cm³/mol. The molecule has 15 heavy (non-hydrogen) atoms. The van der Waals surface area contributed by atoms with Crippen LogP contribution in [0.2, 0.25) is 0 Å². The molecule has 0 aliphatic carbocycles. The Hall–Kier alpha value is -0.570. The maximum Gasteiger partial charge on any atom is 0.225 e. The van der Waals surface area contributed by atoms with Crippen LogP contribution in [-0.2, 0) is 9.53 Å². The Balaban J connectivity index is 3.61. The van der Waals surface area contributed by atoms with Crippen molar-refractivity contribution in [1.82, 2.24) is 5.32 Å². The summed E-state index contributed by atoms with van der Waals surface area (Å²) in [6.07, 6.45) is 5.45. The van der Waals surface area contributed by atoms with E-state index in [0.29, 0.717) is 6.61 Å². The first-order chi connectivity index (χ1) is 7.26. The van der Waals surface area contributed by atoms with Gasteiger partial charge in [0.05, 0.1) is 12.5 Å². The zero-order chi connectivity index (χ0) is 11.5. The smallest absolute Gasteiger partial charge is 0.225 e. The molecule has 0 aromatic rings. The minimum absolute atomic E-state index is 0.0293. The lowest BCUT2D eigenvalue weighted by Gasteiger charge is -2.14. The Morgan fingerprint density at radius 3 is 2.53 bits per heavy atom. The fourth-order valence-electron chi connectivity index (χ4n) is 1.52. The van der Waals surface area contributed by atoms with Crippen LogP contribution in [0.4, 0.5) is 0 Å². The van der Waals surface area contributed by atoms with Gasteiger partial charge < -0.3 is 10.1 Å². The Bertz CT molecular complexity index is 160. The number of hydrogen-bond acceptors (Lipinski definition) is 2. The monoisotopic (exact) mass is 215 g/mol. The average molecular weight is 215 g/mol. The van der Waals surface area contributed by atoms with Gasteiger partial charge in [-0.2, -0.15) is 0 Å². The second-order valence-corrected chi connectivity index (χ2v) is 3.88. The van der Waals surface area contributed by atoms with E-state index in [1.54, 1.807) is 7.05 Å². The SMILES string of the molecule is CCCCCOCC(CCC)C(=O)NC. The second kappa shape index (κ2) is 9.97. The number of carbonyl (C=O) groups excluding carboxylic acids is 1. The standard InChI is InChI=1S/C12H25NO2/c1-4-6-7-9-15-10-11(8-5-2)12(14)13-3/h11H,4-10H2,1-3H3,(H,13,14). The van der Waals surface area contributed by atoms with E-state index in [9.17, 15) is 4.79 Å². The number of unbranched alkanes of at least 4 members (excludes halogenated alkanes) is 2. The van der Waals surface area contributed by atoms with Crippen molar-refractivity contribution in [2.75, 3.05) is 20.3 Å². The van der Waals surface area contributed by atoms with E-state index in [4.69, 9.17) is 4.74 Å². The summed E-state index contributed by atoms with van der Waals surface area (Å²) < 4.78 is 5.51. The van der Waals surface area contributed by atoms with Crippen LogP contribution in [-0.4, -0.2) is 26.2 Å². The number of carbonyl (C=O) groups is 1. The highest BCUT2D eigenvalue weighted by atomic mass is 16.5. The summed E-state index contributed by atoms with van der Waals surface area (Å²) in [6.45, 7) is 5.61. The van der Waals surface area contributed by atoms with Crippen LogP contribution in [0.3, 0.4) is 0 Å². The van der Waals surface area contributed by atoms with E-state index in [0.717, 1.165) is 25.9 Å². The molecule has 0 aromatic carbocycles. The third-order valence-corrected chi connectivity index (χ3v) is 2.47. The molecule has 1 atom stereocenters. The molecule has 0 saturated heterocycles. The molecular formula is C12H25NO2. The molecule has 0 aliphatic heterocycles. The molecule has 0 aromatic heterocycles. The molecule has 0 fully saturated rings. The van der Waals surface area contributed by atoms with Crippen molar-refractivity contribution >= 4 is 5.91 Å². The average Bonchev–Trinajstić information content (AvgIpc) is 2.26. The van der Waals surface area contributed by atoms with Gasteiger partial charge in [-0.3, -0.25) is 4.79 Å². The molecule has 0 radical (unpaired) electrons. The summed E-state index contributed by atoms with van der Waals surface area (Å²) in [6, 6.07) is 0. The minimum atomic E-state index is 0.0293. The highest BCUT2D eigenvalue weighted by Gasteiger charge is 2.15. The van der Waals surface area contributed by atoms with E-state index in [1.807, 2.05) is 0 Å². The Morgan fingerprint density at radius 2 is 2.00 bits per heavy atom. The molecule has 1 unspecified atom stereocenters. The van der Waals surface area contributed by atoms with Gasteiger partial charge in [0.15, 0.2) is 0 Å². The summed E-state index contributed by atoms with van der Waals surface area (Å²) in [7, 11) is 1.68. The van der Waals surface area contributed by atoms with Crippen LogP contribution in [0.15, 0.2) is 0 Å². The molecular weight excluding hydrogens is 190 g/mol. The fourth-order valence-corrected chi connectivity index (χ4v) is 1.52. The van der Waals surface area contributed by atoms with Crippen LogP contribution in [0.25, 0.3) is 0 Å². The molecule has 1 amide bonds. The maximum atomic E-state index is 11.4. The van der Waals surface area contributed by atoms with Gasteiger partial charge in [0.25, 0.3) is 0 Å². The van der Waals surface area contributed by atoms with Crippen LogP contribution in [0.1, 0.15) is 46.0 Å². The predicted octanol–water partition coefficient (Wildman–Crippen LogP) is 2.36. The normalized spacial score (nSPS) is 12.5. The molecule has 0 aliphatic rings. The molecule has 0 bridgehead atoms. The van der Waals surface area contributed by atoms with Crippen LogP contribution < -0.4 is 5.32 Å². The first kappa shape index (κ1) is 14.4. The lowest BCUT2D eigenvalue weighted by molar-refractivity contribution is -0.126. The van der Waals surface area contributed by atoms with Crippen molar-refractivity contribution in [3.8, 4) is 0 Å². The maximum absolute atomic E-state index is 11.4. The lowest BCUT2D eigenvalue weighted by atomic mass is 10.0. The van der Waals surface area contributed by atoms with Crippen molar-refractivity contribution in [1.29, 1.82) is 0 Å². The van der Waals surface area contributed by atoms with Gasteiger partial charge in [-0.05, 0) is 12.8 Å². The van der Waals surface area contributed by atoms with Gasteiger partial charge >= 0.3 is 0 Å². The number of rotatable bonds is 9. The first-order valence-corrected chi connectivity index (χ1v) is 6.05. The van der Waals surface area contributed by atoms with Crippen molar-refractivity contribution in [2.24, 2.45) is 5.92 Å². The van der Waals surface area contributed by atoms with Crippen LogP contribution >= 0.6 is 0 Å². The van der Waals surface area contributed by atoms with Crippen molar-refractivity contribution in [3.05, 3.63) is 0 Å². The zero-order valence-electron chi connectivity index (χ0n) is 10.3. The van der Waals surface area contributed by atoms with E-state index in [-0.39, 0.29) is 11.8 Å². The molecule has 3 nitrogen and oxygen atoms in total. The highest BCUT2D eigenvalue weighted by Crippen LogP contribution is 2.07. The topological polar surface area (TPSA) is 38.3 Å². The molecule has 3 heteroatoms. The van der Waals surface area contributed by atoms with Crippen molar-refractivity contribution in [3.63, 3.8) is 0 Å². The molecule has 1 N–H and O–H groups in total. The fraction of sp³-hybridized carbons (Fsp3) is 0.917. The minimum Gasteiger partial charge on any atom is -0.381 e. The summed E-state index contributed by atoms with van der Waals surface area (Å²) in [5, 5.41) is 2.68. The largest absolute Gasteiger partial charge is 0.381 e. The highest BCUT2D eigenvalue weighted by molar-refractivity contribution is 5.78. The van der Waals surface area contributed by atoms with Gasteiger partial charge in [0, 0.05) is 13.7 Å². The third kappa shape index (κ3) is 7.37. The van der Waals surface area contributed by atoms with Crippen molar-refractivity contribution in [2.45, 2.75) is 46.0 Å². The summed E-state index contributed by atoms with van der Waals surface area (Å²) in [4.78, 5) is 11.4. The molecule has 0 rings (SSSR count). The van der Waals surface area contributed by atoms with E-state index in [1.165, 1.54) is 12.8 Å². The Morgan fingerprint density at radius 1 is 1.27 bits per heavy atom. The first-order valence-electron chi connectivity index (χ1n) is 6.05. The number of ether oxygens (including phenoxy) is 1. The Labute approximate surface area is 93.6 Å². The van der Waals surface area contributed by atoms with Gasteiger partial charge in [-0.25, -0.2) is 0 Å².